The van der Waals surface area contributed by atoms with Gasteiger partial charge in [-0.05, 0) is 19.4 Å². The third kappa shape index (κ3) is 7.22. The molecule has 47 heavy (non-hydrogen) atoms. The van der Waals surface area contributed by atoms with Crippen LogP contribution in [0, 0.1) is 0 Å². The van der Waals surface area contributed by atoms with Gasteiger partial charge in [0.1, 0.15) is 35.0 Å². The quantitative estimate of drug-likeness (QED) is 0.0421. The number of fused-ring (bicyclic) bond motifs is 1. The molecule has 21 heteroatoms. The van der Waals surface area contributed by atoms with Crippen LogP contribution in [0.3, 0.4) is 0 Å². The van der Waals surface area contributed by atoms with Crippen LogP contribution in [0.5, 0.6) is 0 Å². The largest absolute Gasteiger partial charge is 0.478 e. The molecule has 17 nitrogen and oxygen atoms in total. The molecule has 2 amide bonds. The van der Waals surface area contributed by atoms with Gasteiger partial charge in [0, 0.05) is 22.3 Å². The topological polar surface area (TPSA) is 252 Å². The van der Waals surface area contributed by atoms with E-state index in [1.165, 1.54) is 54.1 Å². The Kier molecular flexibility index (Phi) is 10.1. The van der Waals surface area contributed by atoms with E-state index in [-0.39, 0.29) is 34.6 Å². The van der Waals surface area contributed by atoms with E-state index in [0.717, 1.165) is 21.9 Å². The second-order valence-electron chi connectivity index (χ2n) is 10.6. The highest BCUT2D eigenvalue weighted by atomic mass is 32.2. The summed E-state index contributed by atoms with van der Waals surface area (Å²) in [5.74, 6) is -3.02. The Morgan fingerprint density at radius 3 is 2.66 bits per heavy atom. The zero-order valence-electron chi connectivity index (χ0n) is 24.9. The lowest BCUT2D eigenvalue weighted by Gasteiger charge is -2.49. The monoisotopic (exact) mass is 724 g/mol. The minimum Gasteiger partial charge on any atom is -0.478 e. The Balaban J connectivity index is 1.26. The fourth-order valence-corrected chi connectivity index (χ4v) is 8.38. The van der Waals surface area contributed by atoms with Crippen molar-refractivity contribution in [1.82, 2.24) is 24.9 Å². The normalized spacial score (nSPS) is 18.1. The molecule has 0 saturated carbocycles. The summed E-state index contributed by atoms with van der Waals surface area (Å²) in [6.45, 7) is 3.19. The number of nitrogens with one attached hydrogen (secondary N) is 1. The van der Waals surface area contributed by atoms with Gasteiger partial charge in [0.05, 0.1) is 12.7 Å². The van der Waals surface area contributed by atoms with Gasteiger partial charge in [0.2, 0.25) is 12.1 Å². The molecule has 0 bridgehead atoms. The number of aliphatic carboxylic acids is 2. The van der Waals surface area contributed by atoms with Gasteiger partial charge < -0.3 is 36.9 Å². The molecule has 5 rings (SSSR count). The number of rotatable bonds is 14. The molecule has 3 aromatic rings. The Morgan fingerprint density at radius 1 is 1.23 bits per heavy atom. The number of hydrogen-bond donors (Lipinski definition) is 6. The summed E-state index contributed by atoms with van der Waals surface area (Å²) in [6.07, 6.45) is 1.80. The van der Waals surface area contributed by atoms with E-state index in [1.54, 1.807) is 16.9 Å². The smallest absolute Gasteiger partial charge is 0.352 e. The number of thioether (sulfide) groups is 2. The highest BCUT2D eigenvalue weighted by Crippen LogP contribution is 2.42. The first kappa shape index (κ1) is 34.2. The highest BCUT2D eigenvalue weighted by Gasteiger charge is 2.54. The average molecular weight is 725 g/mol. The lowest BCUT2D eigenvalue weighted by Crippen LogP contribution is -2.71. The second-order valence-corrected chi connectivity index (χ2v) is 14.7. The van der Waals surface area contributed by atoms with E-state index < -0.39 is 46.5 Å². The number of amides is 2. The van der Waals surface area contributed by atoms with Crippen molar-refractivity contribution in [3.8, 4) is 0 Å². The Hall–Kier alpha value is -4.18. The summed E-state index contributed by atoms with van der Waals surface area (Å²) in [6, 6.07) is 0.655. The number of carbonyl (C=O) groups is 4. The Labute approximate surface area is 283 Å². The van der Waals surface area contributed by atoms with Crippen LogP contribution in [0.1, 0.15) is 25.2 Å². The summed E-state index contributed by atoms with van der Waals surface area (Å²) >= 11 is 5.07. The molecule has 250 valence electrons. The van der Waals surface area contributed by atoms with Crippen molar-refractivity contribution < 1.29 is 44.0 Å². The first-order valence-corrected chi connectivity index (χ1v) is 17.5. The molecule has 2 aliphatic heterocycles. The third-order valence-electron chi connectivity index (χ3n) is 6.96. The van der Waals surface area contributed by atoms with E-state index in [4.69, 9.17) is 16.3 Å². The van der Waals surface area contributed by atoms with Gasteiger partial charge in [-0.1, -0.05) is 16.9 Å². The molecule has 8 N–H and O–H groups in total. The maximum Gasteiger partial charge on any atom is 0.352 e. The Morgan fingerprint density at radius 2 is 2.00 bits per heavy atom. The van der Waals surface area contributed by atoms with Crippen molar-refractivity contribution in [2.75, 3.05) is 29.6 Å². The summed E-state index contributed by atoms with van der Waals surface area (Å²) in [7, 11) is 0. The van der Waals surface area contributed by atoms with Gasteiger partial charge in [0.25, 0.3) is 11.8 Å². The lowest BCUT2D eigenvalue weighted by atomic mass is 10.0. The van der Waals surface area contributed by atoms with Gasteiger partial charge in [-0.15, -0.1) is 43.8 Å². The molecule has 2 aliphatic rings. The minimum absolute atomic E-state index is 0.0173. The van der Waals surface area contributed by atoms with E-state index in [1.807, 2.05) is 10.1 Å². The SMILES string of the molecule is CC(C)(O/N=C(\C(=O)N[C@@H]1C(=O)N2C(C(=O)O)=C(CSc3nc(C[n+]4ccc(N)n4CCO)cs3)CSC12)c1csc(N)n1)C(=O)O. The third-order valence-corrected chi connectivity index (χ3v) is 11.1. The van der Waals surface area contributed by atoms with Crippen molar-refractivity contribution in [3.63, 3.8) is 0 Å². The van der Waals surface area contributed by atoms with Gasteiger partial charge in [-0.3, -0.25) is 14.5 Å². The molecule has 5 heterocycles. The number of thiazole rings is 2. The van der Waals surface area contributed by atoms with E-state index in [0.29, 0.717) is 28.8 Å². The molecular weight excluding hydrogens is 695 g/mol. The number of aliphatic hydroxyl groups excluding tert-OH is 1. The number of carboxylic acids is 2. The summed E-state index contributed by atoms with van der Waals surface area (Å²) in [4.78, 5) is 65.3. The molecule has 1 fully saturated rings. The molecular formula is C26H30N9O8S4+. The van der Waals surface area contributed by atoms with Crippen molar-refractivity contribution >= 4 is 86.6 Å². The van der Waals surface area contributed by atoms with Crippen LogP contribution in [-0.4, -0.2) is 99.5 Å². The number of nitrogens with zero attached hydrogens (tertiary/aromatic N) is 6. The predicted octanol–water partition coefficient (Wildman–Crippen LogP) is 0.00840. The van der Waals surface area contributed by atoms with Crippen LogP contribution in [0.25, 0.3) is 0 Å². The van der Waals surface area contributed by atoms with Crippen molar-refractivity contribution in [2.24, 2.45) is 5.16 Å². The van der Waals surface area contributed by atoms with E-state index in [2.05, 4.69) is 20.4 Å². The summed E-state index contributed by atoms with van der Waals surface area (Å²) in [5.41, 5.74) is 10.7. The molecule has 0 spiro atoms. The molecule has 1 saturated heterocycles. The number of carboxylic acid groups (broad SMARTS) is 2. The maximum absolute atomic E-state index is 13.3. The zero-order valence-corrected chi connectivity index (χ0v) is 28.1. The first-order valence-electron chi connectivity index (χ1n) is 13.7. The average Bonchev–Trinajstić information content (AvgIpc) is 3.75. The first-order chi connectivity index (χ1) is 22.3. The molecule has 0 aliphatic carbocycles. The number of oxime groups is 1. The van der Waals surface area contributed by atoms with E-state index >= 15 is 0 Å². The number of nitrogen functional groups attached to an aromatic ring is 2. The molecule has 1 unspecified atom stereocenters. The maximum atomic E-state index is 13.3. The molecule has 0 radical (unpaired) electrons. The Bertz CT molecular complexity index is 1780. The van der Waals surface area contributed by atoms with Crippen LogP contribution in [-0.2, 0) is 37.1 Å². The number of aliphatic hydroxyl groups is 1. The van der Waals surface area contributed by atoms with Crippen molar-refractivity contribution in [1.29, 1.82) is 0 Å². The fraction of sp³-hybridized carbons (Fsp3) is 0.385. The van der Waals surface area contributed by atoms with E-state index in [9.17, 15) is 34.5 Å². The van der Waals surface area contributed by atoms with Gasteiger partial charge in [0.15, 0.2) is 27.2 Å². The summed E-state index contributed by atoms with van der Waals surface area (Å²) < 4.78 is 4.29. The number of β-lactam (4-membered cyclic amide) rings is 1. The fourth-order valence-electron chi connectivity index (χ4n) is 4.51. The summed E-state index contributed by atoms with van der Waals surface area (Å²) in [5, 5.41) is 37.8. The van der Waals surface area contributed by atoms with Crippen LogP contribution < -0.4 is 21.5 Å². The van der Waals surface area contributed by atoms with Crippen molar-refractivity contribution in [3.05, 3.63) is 45.7 Å². The number of aromatic nitrogens is 4. The zero-order chi connectivity index (χ0) is 34.0. The molecule has 3 aromatic heterocycles. The predicted molar refractivity (Wildman–Crippen MR) is 174 cm³/mol. The highest BCUT2D eigenvalue weighted by molar-refractivity contribution is 8.01. The minimum atomic E-state index is -1.77. The number of carbonyl (C=O) groups excluding carboxylic acids is 2. The number of nitrogens with two attached hydrogens (primary N) is 2. The van der Waals surface area contributed by atoms with Gasteiger partial charge in [-0.25, -0.2) is 19.6 Å². The lowest BCUT2D eigenvalue weighted by molar-refractivity contribution is -0.767. The standard InChI is InChI=1S/C26H29N9O8S4/c1-26(2,23(41)42)43-32-16(14-11-45-24(28)30-14)19(37)31-17-20(38)35-18(22(39)40)12(8-44-21(17)35)9-46-25-29-13(10-47-25)7-33-4-3-15(27)34(33)5-6-36/h3-4,10-11,17,21,27,36H,5-9H2,1-2H3,(H5,28,30,31,37,39,40,41,42)/p+1/b32-16-/t17-,21?/m1/s1. The van der Waals surface area contributed by atoms with Crippen molar-refractivity contribution in [2.45, 2.75) is 48.3 Å². The van der Waals surface area contributed by atoms with Crippen LogP contribution >= 0.6 is 46.2 Å². The van der Waals surface area contributed by atoms with Crippen LogP contribution in [0.2, 0.25) is 0 Å². The van der Waals surface area contributed by atoms with Gasteiger partial charge in [-0.2, -0.15) is 0 Å². The molecule has 0 aromatic carbocycles. The number of hydrogen-bond acceptors (Lipinski definition) is 15. The molecule has 2 atom stereocenters. The second kappa shape index (κ2) is 13.9. The van der Waals surface area contributed by atoms with Crippen LogP contribution in [0.4, 0.5) is 10.9 Å². The number of anilines is 2. The van der Waals surface area contributed by atoms with Gasteiger partial charge >= 0.3 is 11.9 Å². The van der Waals surface area contributed by atoms with Crippen LogP contribution in [0.15, 0.2) is 43.8 Å².